The molecule has 1 unspecified atom stereocenters. The highest BCUT2D eigenvalue weighted by atomic mass is 19.1. The number of hydrogen-bond acceptors (Lipinski definition) is 2. The molecule has 0 aromatic rings. The first kappa shape index (κ1) is 20.9. The fourth-order valence-corrected chi connectivity index (χ4v) is 1.76. The van der Waals surface area contributed by atoms with E-state index in [1.165, 1.54) is 12.3 Å². The molecule has 0 heterocycles. The molecule has 2 nitrogen and oxygen atoms in total. The van der Waals surface area contributed by atoms with Crippen LogP contribution in [0, 0.1) is 5.92 Å². The van der Waals surface area contributed by atoms with Crippen molar-refractivity contribution in [2.24, 2.45) is 11.7 Å². The zero-order valence-electron chi connectivity index (χ0n) is 14.3. The number of rotatable bonds is 10. The summed E-state index contributed by atoms with van der Waals surface area (Å²) in [4.78, 5) is 0. The third-order valence-corrected chi connectivity index (χ3v) is 3.27. The first-order valence-corrected chi connectivity index (χ1v) is 7.60. The normalized spacial score (nSPS) is 14.9. The molecule has 0 radical (unpaired) electrons. The third kappa shape index (κ3) is 10.3. The van der Waals surface area contributed by atoms with Gasteiger partial charge >= 0.3 is 0 Å². The summed E-state index contributed by atoms with van der Waals surface area (Å²) < 4.78 is 24.9. The highest BCUT2D eigenvalue weighted by Crippen LogP contribution is 2.15. The van der Waals surface area contributed by atoms with E-state index in [-0.39, 0.29) is 5.92 Å². The summed E-state index contributed by atoms with van der Waals surface area (Å²) in [5.41, 5.74) is 8.97. The minimum Gasteiger partial charge on any atom is -0.404 e. The Hall–Kier alpha value is -2.10. The quantitative estimate of drug-likeness (QED) is 0.542. The predicted octanol–water partition coefficient (Wildman–Crippen LogP) is 5.21. The standard InChI is InChI=1S/C19H28F2N2/c1-14(8-9-19(21)10-11-20)6-7-15(2)12-17(4)23-18(5)16(3)13-22/h8-10,12-14,23H,2,5-7,11,22H2,1,3-4H3/b9-8-,16-13-,17-12-,19-10+. The fourth-order valence-electron chi connectivity index (χ4n) is 1.76. The van der Waals surface area contributed by atoms with Crippen LogP contribution in [-0.4, -0.2) is 6.67 Å². The van der Waals surface area contributed by atoms with Crippen LogP contribution >= 0.6 is 0 Å². The van der Waals surface area contributed by atoms with E-state index < -0.39 is 12.5 Å². The molecular formula is C19H28F2N2. The summed E-state index contributed by atoms with van der Waals surface area (Å²) in [5, 5.41) is 3.15. The summed E-state index contributed by atoms with van der Waals surface area (Å²) in [7, 11) is 0. The van der Waals surface area contributed by atoms with Gasteiger partial charge in [-0.3, -0.25) is 0 Å². The first-order chi connectivity index (χ1) is 10.8. The van der Waals surface area contributed by atoms with E-state index in [0.717, 1.165) is 41.5 Å². The van der Waals surface area contributed by atoms with Crippen LogP contribution in [0.25, 0.3) is 0 Å². The van der Waals surface area contributed by atoms with Gasteiger partial charge in [0.15, 0.2) is 0 Å². The Morgan fingerprint density at radius 2 is 1.96 bits per heavy atom. The summed E-state index contributed by atoms with van der Waals surface area (Å²) >= 11 is 0. The molecule has 0 aliphatic heterocycles. The lowest BCUT2D eigenvalue weighted by Gasteiger charge is -2.11. The van der Waals surface area contributed by atoms with Crippen LogP contribution in [-0.2, 0) is 0 Å². The second kappa shape index (κ2) is 11.5. The molecule has 23 heavy (non-hydrogen) atoms. The van der Waals surface area contributed by atoms with Gasteiger partial charge in [-0.1, -0.05) is 31.7 Å². The summed E-state index contributed by atoms with van der Waals surface area (Å²) in [5.74, 6) is -0.357. The average Bonchev–Trinajstić information content (AvgIpc) is 2.50. The number of hydrogen-bond donors (Lipinski definition) is 2. The van der Waals surface area contributed by atoms with E-state index in [0.29, 0.717) is 0 Å². The van der Waals surface area contributed by atoms with Crippen molar-refractivity contribution in [2.45, 2.75) is 33.6 Å². The van der Waals surface area contributed by atoms with E-state index in [4.69, 9.17) is 5.73 Å². The maximum Gasteiger partial charge on any atom is 0.121 e. The van der Waals surface area contributed by atoms with Gasteiger partial charge in [0, 0.05) is 11.4 Å². The van der Waals surface area contributed by atoms with Crippen molar-refractivity contribution in [2.75, 3.05) is 6.67 Å². The molecule has 4 heteroatoms. The van der Waals surface area contributed by atoms with Gasteiger partial charge in [-0.2, -0.15) is 0 Å². The molecule has 3 N–H and O–H groups in total. The van der Waals surface area contributed by atoms with Crippen molar-refractivity contribution in [1.29, 1.82) is 0 Å². The molecular weight excluding hydrogens is 294 g/mol. The number of alkyl halides is 1. The lowest BCUT2D eigenvalue weighted by Crippen LogP contribution is -2.11. The highest BCUT2D eigenvalue weighted by molar-refractivity contribution is 5.29. The fraction of sp³-hybridized carbons (Fsp3) is 0.368. The molecule has 0 amide bonds. The molecule has 0 saturated heterocycles. The molecule has 0 aliphatic rings. The van der Waals surface area contributed by atoms with E-state index in [9.17, 15) is 8.78 Å². The topological polar surface area (TPSA) is 38.0 Å². The third-order valence-electron chi connectivity index (χ3n) is 3.27. The van der Waals surface area contributed by atoms with Gasteiger partial charge in [0.25, 0.3) is 0 Å². The summed E-state index contributed by atoms with van der Waals surface area (Å²) in [6.07, 6.45) is 9.03. The zero-order chi connectivity index (χ0) is 17.8. The van der Waals surface area contributed by atoms with E-state index in [1.807, 2.05) is 26.8 Å². The summed E-state index contributed by atoms with van der Waals surface area (Å²) in [6, 6.07) is 0. The Balaban J connectivity index is 4.36. The molecule has 128 valence electrons. The number of nitrogens with one attached hydrogen (secondary N) is 1. The van der Waals surface area contributed by atoms with Crippen LogP contribution in [0.15, 0.2) is 72.0 Å². The van der Waals surface area contributed by atoms with Gasteiger partial charge < -0.3 is 11.1 Å². The highest BCUT2D eigenvalue weighted by Gasteiger charge is 2.01. The lowest BCUT2D eigenvalue weighted by atomic mass is 10.0. The van der Waals surface area contributed by atoms with Crippen LogP contribution in [0.3, 0.4) is 0 Å². The second-order valence-corrected chi connectivity index (χ2v) is 5.56. The van der Waals surface area contributed by atoms with Crippen molar-refractivity contribution >= 4 is 0 Å². The number of halogens is 2. The van der Waals surface area contributed by atoms with Crippen LogP contribution in [0.1, 0.15) is 33.6 Å². The molecule has 0 aromatic carbocycles. The summed E-state index contributed by atoms with van der Waals surface area (Å²) in [6.45, 7) is 12.9. The van der Waals surface area contributed by atoms with Crippen molar-refractivity contribution in [3.8, 4) is 0 Å². The van der Waals surface area contributed by atoms with E-state index in [2.05, 4.69) is 18.5 Å². The molecule has 0 aromatic heterocycles. The number of nitrogens with two attached hydrogens (primary N) is 1. The minimum atomic E-state index is -0.789. The van der Waals surface area contributed by atoms with Gasteiger partial charge in [0.1, 0.15) is 12.5 Å². The van der Waals surface area contributed by atoms with Crippen LogP contribution in [0.4, 0.5) is 8.78 Å². The Morgan fingerprint density at radius 1 is 1.30 bits per heavy atom. The molecule has 0 rings (SSSR count). The smallest absolute Gasteiger partial charge is 0.121 e. The monoisotopic (exact) mass is 322 g/mol. The van der Waals surface area contributed by atoms with Gasteiger partial charge in [0.05, 0.1) is 0 Å². The Morgan fingerprint density at radius 3 is 2.52 bits per heavy atom. The van der Waals surface area contributed by atoms with Gasteiger partial charge in [0.2, 0.25) is 0 Å². The molecule has 0 fully saturated rings. The van der Waals surface area contributed by atoms with Crippen LogP contribution in [0.2, 0.25) is 0 Å². The van der Waals surface area contributed by atoms with Crippen LogP contribution < -0.4 is 11.1 Å². The van der Waals surface area contributed by atoms with Gasteiger partial charge in [-0.05, 0) is 62.6 Å². The van der Waals surface area contributed by atoms with E-state index in [1.54, 1.807) is 6.08 Å². The molecule has 0 spiro atoms. The average molecular weight is 322 g/mol. The van der Waals surface area contributed by atoms with Crippen molar-refractivity contribution in [1.82, 2.24) is 5.32 Å². The molecule has 0 saturated carbocycles. The lowest BCUT2D eigenvalue weighted by molar-refractivity contribution is 0.547. The Bertz CT molecular complexity index is 525. The van der Waals surface area contributed by atoms with Crippen molar-refractivity contribution < 1.29 is 8.78 Å². The van der Waals surface area contributed by atoms with Gasteiger partial charge in [-0.25, -0.2) is 8.78 Å². The maximum absolute atomic E-state index is 13.0. The predicted molar refractivity (Wildman–Crippen MR) is 95.8 cm³/mol. The van der Waals surface area contributed by atoms with Crippen molar-refractivity contribution in [3.63, 3.8) is 0 Å². The van der Waals surface area contributed by atoms with Crippen molar-refractivity contribution in [3.05, 3.63) is 72.0 Å². The zero-order valence-corrected chi connectivity index (χ0v) is 14.3. The Labute approximate surface area is 138 Å². The minimum absolute atomic E-state index is 0.185. The first-order valence-electron chi connectivity index (χ1n) is 7.60. The molecule has 1 atom stereocenters. The molecule has 0 aliphatic carbocycles. The number of allylic oxidation sites excluding steroid dienone is 8. The van der Waals surface area contributed by atoms with Crippen LogP contribution in [0.5, 0.6) is 0 Å². The second-order valence-electron chi connectivity index (χ2n) is 5.56. The SMILES string of the molecule is C=C(/C=C(/C)NC(=C)/C(C)=C\N)CCC(C)/C=C\C(F)=C/CF. The largest absolute Gasteiger partial charge is 0.404 e. The Kier molecular flexibility index (Phi) is 10.4. The maximum atomic E-state index is 13.0. The molecule has 0 bridgehead atoms. The van der Waals surface area contributed by atoms with Gasteiger partial charge in [-0.15, -0.1) is 0 Å². The van der Waals surface area contributed by atoms with E-state index >= 15 is 0 Å².